The average molecular weight is 359 g/mol. The standard InChI is InChI=1S/C20H29N3O3/c1-26-13-10-21-20(25)17-9-8-16(22-19(24)15-6-5-7-15)14-18(17)23-11-3-2-4-12-23/h8-9,14-15H,2-7,10-13H2,1H3,(H,21,25)(H,22,24). The molecule has 2 fully saturated rings. The lowest BCUT2D eigenvalue weighted by atomic mass is 9.85. The van der Waals surface area contributed by atoms with E-state index in [9.17, 15) is 9.59 Å². The zero-order valence-corrected chi connectivity index (χ0v) is 15.6. The van der Waals surface area contributed by atoms with Gasteiger partial charge >= 0.3 is 0 Å². The number of methoxy groups -OCH3 is 1. The summed E-state index contributed by atoms with van der Waals surface area (Å²) in [6, 6.07) is 5.60. The molecule has 0 unspecified atom stereocenters. The second-order valence-electron chi connectivity index (χ2n) is 7.15. The monoisotopic (exact) mass is 359 g/mol. The number of anilines is 2. The minimum Gasteiger partial charge on any atom is -0.383 e. The maximum Gasteiger partial charge on any atom is 0.253 e. The molecular formula is C20H29N3O3. The van der Waals surface area contributed by atoms with Crippen molar-refractivity contribution in [2.75, 3.05) is 43.6 Å². The SMILES string of the molecule is COCCNC(=O)c1ccc(NC(=O)C2CCC2)cc1N1CCCCC1. The van der Waals surface area contributed by atoms with Gasteiger partial charge in [-0.3, -0.25) is 9.59 Å². The van der Waals surface area contributed by atoms with E-state index < -0.39 is 0 Å². The molecule has 3 rings (SSSR count). The van der Waals surface area contributed by atoms with Gasteiger partial charge in [0.05, 0.1) is 17.9 Å². The molecule has 1 aliphatic carbocycles. The molecule has 0 atom stereocenters. The molecular weight excluding hydrogens is 330 g/mol. The van der Waals surface area contributed by atoms with E-state index in [0.717, 1.165) is 56.6 Å². The number of amides is 2. The molecule has 1 aliphatic heterocycles. The van der Waals surface area contributed by atoms with Crippen molar-refractivity contribution in [2.45, 2.75) is 38.5 Å². The lowest BCUT2D eigenvalue weighted by Crippen LogP contribution is -2.34. The largest absolute Gasteiger partial charge is 0.383 e. The third kappa shape index (κ3) is 4.55. The molecule has 1 aromatic carbocycles. The van der Waals surface area contributed by atoms with Crippen LogP contribution in [0.4, 0.5) is 11.4 Å². The van der Waals surface area contributed by atoms with Crippen molar-refractivity contribution < 1.29 is 14.3 Å². The number of ether oxygens (including phenoxy) is 1. The summed E-state index contributed by atoms with van der Waals surface area (Å²) in [5.41, 5.74) is 2.34. The molecule has 0 radical (unpaired) electrons. The maximum absolute atomic E-state index is 12.6. The van der Waals surface area contributed by atoms with Crippen LogP contribution in [0.3, 0.4) is 0 Å². The van der Waals surface area contributed by atoms with Crippen LogP contribution in [0.15, 0.2) is 18.2 Å². The molecule has 142 valence electrons. The normalized spacial score (nSPS) is 17.5. The number of hydrogen-bond acceptors (Lipinski definition) is 4. The summed E-state index contributed by atoms with van der Waals surface area (Å²) in [5.74, 6) is 0.142. The number of nitrogens with one attached hydrogen (secondary N) is 2. The summed E-state index contributed by atoms with van der Waals surface area (Å²) in [5, 5.41) is 5.92. The fourth-order valence-corrected chi connectivity index (χ4v) is 3.47. The fourth-order valence-electron chi connectivity index (χ4n) is 3.47. The fraction of sp³-hybridized carbons (Fsp3) is 0.600. The van der Waals surface area contributed by atoms with Gasteiger partial charge in [0.2, 0.25) is 5.91 Å². The van der Waals surface area contributed by atoms with Crippen molar-refractivity contribution in [3.8, 4) is 0 Å². The Morgan fingerprint density at radius 3 is 2.58 bits per heavy atom. The first-order chi connectivity index (χ1) is 12.7. The van der Waals surface area contributed by atoms with Crippen LogP contribution in [0.2, 0.25) is 0 Å². The number of benzene rings is 1. The van der Waals surface area contributed by atoms with Gasteiger partial charge in [0.1, 0.15) is 0 Å². The van der Waals surface area contributed by atoms with E-state index in [-0.39, 0.29) is 17.7 Å². The highest BCUT2D eigenvalue weighted by Crippen LogP contribution is 2.30. The van der Waals surface area contributed by atoms with E-state index in [2.05, 4.69) is 15.5 Å². The highest BCUT2D eigenvalue weighted by molar-refractivity contribution is 6.01. The molecule has 1 saturated heterocycles. The Kier molecular flexibility index (Phi) is 6.50. The molecule has 1 heterocycles. The third-order valence-electron chi connectivity index (χ3n) is 5.27. The van der Waals surface area contributed by atoms with Crippen molar-refractivity contribution in [2.24, 2.45) is 5.92 Å². The summed E-state index contributed by atoms with van der Waals surface area (Å²) in [6.45, 7) is 2.85. The van der Waals surface area contributed by atoms with Crippen molar-refractivity contribution in [1.82, 2.24) is 5.32 Å². The summed E-state index contributed by atoms with van der Waals surface area (Å²) in [7, 11) is 1.62. The third-order valence-corrected chi connectivity index (χ3v) is 5.27. The lowest BCUT2D eigenvalue weighted by molar-refractivity contribution is -0.122. The zero-order valence-electron chi connectivity index (χ0n) is 15.6. The van der Waals surface area contributed by atoms with Crippen molar-refractivity contribution >= 4 is 23.2 Å². The summed E-state index contributed by atoms with van der Waals surface area (Å²) in [4.78, 5) is 27.1. The smallest absolute Gasteiger partial charge is 0.253 e. The molecule has 0 bridgehead atoms. The Labute approximate surface area is 155 Å². The van der Waals surface area contributed by atoms with E-state index >= 15 is 0 Å². The van der Waals surface area contributed by atoms with E-state index in [1.807, 2.05) is 18.2 Å². The molecule has 26 heavy (non-hydrogen) atoms. The Morgan fingerprint density at radius 1 is 1.15 bits per heavy atom. The molecule has 0 spiro atoms. The highest BCUT2D eigenvalue weighted by atomic mass is 16.5. The molecule has 1 aromatic rings. The van der Waals surface area contributed by atoms with Gasteiger partial charge in [-0.2, -0.15) is 0 Å². The van der Waals surface area contributed by atoms with Gasteiger partial charge in [0.15, 0.2) is 0 Å². The molecule has 2 amide bonds. The van der Waals surface area contributed by atoms with Gasteiger partial charge in [-0.15, -0.1) is 0 Å². The van der Waals surface area contributed by atoms with Crippen molar-refractivity contribution in [1.29, 1.82) is 0 Å². The van der Waals surface area contributed by atoms with Crippen LogP contribution < -0.4 is 15.5 Å². The predicted molar refractivity (Wildman–Crippen MR) is 103 cm³/mol. The number of carbonyl (C=O) groups excluding carboxylic acids is 2. The second kappa shape index (κ2) is 9.03. The first-order valence-electron chi connectivity index (χ1n) is 9.66. The maximum atomic E-state index is 12.6. The predicted octanol–water partition coefficient (Wildman–Crippen LogP) is 2.79. The first kappa shape index (κ1) is 18.7. The quantitative estimate of drug-likeness (QED) is 0.735. The van der Waals surface area contributed by atoms with E-state index in [1.165, 1.54) is 6.42 Å². The molecule has 6 heteroatoms. The molecule has 2 N–H and O–H groups in total. The molecule has 0 aromatic heterocycles. The van der Waals surface area contributed by atoms with Crippen LogP contribution in [0.1, 0.15) is 48.9 Å². The first-order valence-corrected chi connectivity index (χ1v) is 9.66. The zero-order chi connectivity index (χ0) is 18.4. The topological polar surface area (TPSA) is 70.7 Å². The number of rotatable bonds is 7. The van der Waals surface area contributed by atoms with Gasteiger partial charge in [0, 0.05) is 38.3 Å². The van der Waals surface area contributed by atoms with Gasteiger partial charge < -0.3 is 20.3 Å². The number of carbonyl (C=O) groups is 2. The van der Waals surface area contributed by atoms with Crippen molar-refractivity contribution in [3.63, 3.8) is 0 Å². The molecule has 2 aliphatic rings. The Bertz CT molecular complexity index is 637. The van der Waals surface area contributed by atoms with E-state index in [4.69, 9.17) is 4.74 Å². The van der Waals surface area contributed by atoms with Crippen LogP contribution in [0.25, 0.3) is 0 Å². The summed E-state index contributed by atoms with van der Waals surface area (Å²) in [6.07, 6.45) is 6.57. The summed E-state index contributed by atoms with van der Waals surface area (Å²) >= 11 is 0. The summed E-state index contributed by atoms with van der Waals surface area (Å²) < 4.78 is 5.00. The van der Waals surface area contributed by atoms with Crippen LogP contribution in [-0.2, 0) is 9.53 Å². The van der Waals surface area contributed by atoms with E-state index in [0.29, 0.717) is 18.7 Å². The highest BCUT2D eigenvalue weighted by Gasteiger charge is 2.26. The lowest BCUT2D eigenvalue weighted by Gasteiger charge is -2.31. The van der Waals surface area contributed by atoms with Gasteiger partial charge in [-0.1, -0.05) is 6.42 Å². The molecule has 1 saturated carbocycles. The van der Waals surface area contributed by atoms with Crippen LogP contribution in [0, 0.1) is 5.92 Å². The van der Waals surface area contributed by atoms with Gasteiger partial charge in [-0.05, 0) is 50.3 Å². The van der Waals surface area contributed by atoms with Crippen molar-refractivity contribution in [3.05, 3.63) is 23.8 Å². The number of nitrogens with zero attached hydrogens (tertiary/aromatic N) is 1. The number of piperidine rings is 1. The number of hydrogen-bond donors (Lipinski definition) is 2. The Hall–Kier alpha value is -2.08. The molecule has 6 nitrogen and oxygen atoms in total. The average Bonchev–Trinajstić information content (AvgIpc) is 2.61. The van der Waals surface area contributed by atoms with Crippen LogP contribution in [-0.4, -0.2) is 45.2 Å². The van der Waals surface area contributed by atoms with Gasteiger partial charge in [-0.25, -0.2) is 0 Å². The second-order valence-corrected chi connectivity index (χ2v) is 7.15. The minimum absolute atomic E-state index is 0.0955. The van der Waals surface area contributed by atoms with E-state index in [1.54, 1.807) is 7.11 Å². The van der Waals surface area contributed by atoms with Gasteiger partial charge in [0.25, 0.3) is 5.91 Å². The Balaban J connectivity index is 1.78. The Morgan fingerprint density at radius 2 is 1.92 bits per heavy atom. The minimum atomic E-state index is -0.0977. The van der Waals surface area contributed by atoms with Crippen LogP contribution >= 0.6 is 0 Å². The van der Waals surface area contributed by atoms with Crippen LogP contribution in [0.5, 0.6) is 0 Å².